The monoisotopic (exact) mass is 204 g/mol. The van der Waals surface area contributed by atoms with Gasteiger partial charge in [-0.3, -0.25) is 10.2 Å². The molecule has 0 fully saturated rings. The zero-order valence-electron chi connectivity index (χ0n) is 9.08. The van der Waals surface area contributed by atoms with E-state index >= 15 is 0 Å². The molecule has 0 aliphatic carbocycles. The highest BCUT2D eigenvalue weighted by Crippen LogP contribution is 1.94. The Morgan fingerprint density at radius 1 is 1.36 bits per heavy atom. The van der Waals surface area contributed by atoms with Gasteiger partial charge < -0.3 is 9.47 Å². The fourth-order valence-corrected chi connectivity index (χ4v) is 0.796. The van der Waals surface area contributed by atoms with Crippen molar-refractivity contribution in [1.82, 2.24) is 5.43 Å². The standard InChI is InChI=1S/C9H20N2O3/c1-7(2)6-13-4-5-14-8(3)9(12)11-10/h7-8H,4-6,10H2,1-3H3,(H,11,12). The lowest BCUT2D eigenvalue weighted by Gasteiger charge is -2.11. The Hall–Kier alpha value is -0.650. The minimum Gasteiger partial charge on any atom is -0.379 e. The van der Waals surface area contributed by atoms with Gasteiger partial charge in [-0.2, -0.15) is 0 Å². The van der Waals surface area contributed by atoms with Crippen molar-refractivity contribution >= 4 is 5.91 Å². The molecule has 0 saturated heterocycles. The van der Waals surface area contributed by atoms with E-state index in [1.54, 1.807) is 6.92 Å². The van der Waals surface area contributed by atoms with Crippen molar-refractivity contribution in [3.05, 3.63) is 0 Å². The number of hydrazine groups is 1. The molecule has 5 heteroatoms. The third-order valence-corrected chi connectivity index (χ3v) is 1.56. The number of nitrogens with two attached hydrogens (primary N) is 1. The average molecular weight is 204 g/mol. The van der Waals surface area contributed by atoms with Gasteiger partial charge in [-0.25, -0.2) is 5.84 Å². The largest absolute Gasteiger partial charge is 0.379 e. The maximum atomic E-state index is 10.9. The highest BCUT2D eigenvalue weighted by molar-refractivity contribution is 5.79. The number of hydrogen-bond donors (Lipinski definition) is 2. The zero-order valence-corrected chi connectivity index (χ0v) is 9.08. The van der Waals surface area contributed by atoms with Crippen molar-refractivity contribution < 1.29 is 14.3 Å². The van der Waals surface area contributed by atoms with Crippen LogP contribution < -0.4 is 11.3 Å². The predicted octanol–water partition coefficient (Wildman–Crippen LogP) is 0.0540. The molecule has 1 amide bonds. The van der Waals surface area contributed by atoms with Gasteiger partial charge in [0.05, 0.1) is 13.2 Å². The SMILES string of the molecule is CC(C)COCCOC(C)C(=O)NN. The van der Waals surface area contributed by atoms with Crippen molar-refractivity contribution in [3.8, 4) is 0 Å². The summed E-state index contributed by atoms with van der Waals surface area (Å²) in [5.41, 5.74) is 2.02. The van der Waals surface area contributed by atoms with E-state index in [1.807, 2.05) is 5.43 Å². The van der Waals surface area contributed by atoms with Gasteiger partial charge in [-0.1, -0.05) is 13.8 Å². The van der Waals surface area contributed by atoms with Gasteiger partial charge in [0.2, 0.25) is 0 Å². The topological polar surface area (TPSA) is 73.6 Å². The Morgan fingerprint density at radius 3 is 2.50 bits per heavy atom. The second-order valence-corrected chi connectivity index (χ2v) is 3.49. The first kappa shape index (κ1) is 13.4. The summed E-state index contributed by atoms with van der Waals surface area (Å²) < 4.78 is 10.4. The van der Waals surface area contributed by atoms with Crippen LogP contribution in [0.4, 0.5) is 0 Å². The molecule has 5 nitrogen and oxygen atoms in total. The molecule has 0 aromatic rings. The molecule has 3 N–H and O–H groups in total. The van der Waals surface area contributed by atoms with Crippen molar-refractivity contribution in [2.24, 2.45) is 11.8 Å². The van der Waals surface area contributed by atoms with Crippen LogP contribution in [0.25, 0.3) is 0 Å². The number of carbonyl (C=O) groups is 1. The van der Waals surface area contributed by atoms with Gasteiger partial charge >= 0.3 is 0 Å². The third-order valence-electron chi connectivity index (χ3n) is 1.56. The fourth-order valence-electron chi connectivity index (χ4n) is 0.796. The molecular formula is C9H20N2O3. The molecule has 0 aromatic heterocycles. The van der Waals surface area contributed by atoms with Gasteiger partial charge in [-0.15, -0.1) is 0 Å². The van der Waals surface area contributed by atoms with Crippen LogP contribution in [-0.4, -0.2) is 31.8 Å². The van der Waals surface area contributed by atoms with Crippen LogP contribution in [0, 0.1) is 5.92 Å². The number of rotatable bonds is 7. The molecule has 0 aliphatic heterocycles. The molecule has 0 rings (SSSR count). The summed E-state index contributed by atoms with van der Waals surface area (Å²) in [6.07, 6.45) is -0.525. The summed E-state index contributed by atoms with van der Waals surface area (Å²) in [4.78, 5) is 10.9. The molecule has 1 atom stereocenters. The molecule has 0 saturated carbocycles. The lowest BCUT2D eigenvalue weighted by molar-refractivity contribution is -0.132. The average Bonchev–Trinajstić information content (AvgIpc) is 2.15. The smallest absolute Gasteiger partial charge is 0.262 e. The van der Waals surface area contributed by atoms with E-state index in [0.29, 0.717) is 25.7 Å². The van der Waals surface area contributed by atoms with E-state index in [9.17, 15) is 4.79 Å². The van der Waals surface area contributed by atoms with Gasteiger partial charge in [0, 0.05) is 6.61 Å². The Bertz CT molecular complexity index is 162. The highest BCUT2D eigenvalue weighted by atomic mass is 16.5. The summed E-state index contributed by atoms with van der Waals surface area (Å²) in [6.45, 7) is 7.41. The Balaban J connectivity index is 3.31. The lowest BCUT2D eigenvalue weighted by Crippen LogP contribution is -2.39. The van der Waals surface area contributed by atoms with Gasteiger partial charge in [0.15, 0.2) is 0 Å². The molecule has 1 unspecified atom stereocenters. The molecule has 0 heterocycles. The van der Waals surface area contributed by atoms with E-state index in [2.05, 4.69) is 13.8 Å². The van der Waals surface area contributed by atoms with Crippen LogP contribution in [-0.2, 0) is 14.3 Å². The van der Waals surface area contributed by atoms with Crippen LogP contribution in [0.15, 0.2) is 0 Å². The van der Waals surface area contributed by atoms with E-state index in [4.69, 9.17) is 15.3 Å². The van der Waals surface area contributed by atoms with Crippen LogP contribution in [0.2, 0.25) is 0 Å². The lowest BCUT2D eigenvalue weighted by atomic mass is 10.2. The van der Waals surface area contributed by atoms with Crippen molar-refractivity contribution in [2.75, 3.05) is 19.8 Å². The maximum absolute atomic E-state index is 10.9. The summed E-state index contributed by atoms with van der Waals surface area (Å²) in [6, 6.07) is 0. The Kier molecular flexibility index (Phi) is 7.37. The summed E-state index contributed by atoms with van der Waals surface area (Å²) >= 11 is 0. The van der Waals surface area contributed by atoms with E-state index in [-0.39, 0.29) is 5.91 Å². The fraction of sp³-hybridized carbons (Fsp3) is 0.889. The first-order valence-electron chi connectivity index (χ1n) is 4.77. The number of hydrogen-bond acceptors (Lipinski definition) is 4. The molecule has 0 aliphatic rings. The van der Waals surface area contributed by atoms with Gasteiger partial charge in [-0.05, 0) is 12.8 Å². The van der Waals surface area contributed by atoms with E-state index in [0.717, 1.165) is 0 Å². The normalized spacial score (nSPS) is 12.9. The Morgan fingerprint density at radius 2 is 2.00 bits per heavy atom. The quantitative estimate of drug-likeness (QED) is 0.266. The molecule has 0 aromatic carbocycles. The second kappa shape index (κ2) is 7.73. The van der Waals surface area contributed by atoms with Crippen LogP contribution in [0.1, 0.15) is 20.8 Å². The number of ether oxygens (including phenoxy) is 2. The summed E-state index contributed by atoms with van der Waals surface area (Å²) in [5, 5.41) is 0. The molecule has 0 spiro atoms. The molecule has 0 radical (unpaired) electrons. The number of carbonyl (C=O) groups excluding carboxylic acids is 1. The van der Waals surface area contributed by atoms with Crippen LogP contribution in [0.5, 0.6) is 0 Å². The van der Waals surface area contributed by atoms with Gasteiger partial charge in [0.25, 0.3) is 5.91 Å². The van der Waals surface area contributed by atoms with Crippen LogP contribution in [0.3, 0.4) is 0 Å². The summed E-state index contributed by atoms with van der Waals surface area (Å²) in [5.74, 6) is 5.12. The second-order valence-electron chi connectivity index (χ2n) is 3.49. The zero-order chi connectivity index (χ0) is 11.0. The molecule has 14 heavy (non-hydrogen) atoms. The van der Waals surface area contributed by atoms with Crippen molar-refractivity contribution in [1.29, 1.82) is 0 Å². The summed E-state index contributed by atoms with van der Waals surface area (Å²) in [7, 11) is 0. The molecule has 0 bridgehead atoms. The van der Waals surface area contributed by atoms with Gasteiger partial charge in [0.1, 0.15) is 6.10 Å². The molecule has 84 valence electrons. The maximum Gasteiger partial charge on any atom is 0.262 e. The third kappa shape index (κ3) is 6.82. The van der Waals surface area contributed by atoms with Crippen molar-refractivity contribution in [2.45, 2.75) is 26.9 Å². The van der Waals surface area contributed by atoms with E-state index in [1.165, 1.54) is 0 Å². The highest BCUT2D eigenvalue weighted by Gasteiger charge is 2.10. The number of amides is 1. The first-order valence-corrected chi connectivity index (χ1v) is 4.77. The molecular weight excluding hydrogens is 184 g/mol. The minimum absolute atomic E-state index is 0.325. The van der Waals surface area contributed by atoms with E-state index < -0.39 is 6.10 Å². The number of nitrogens with one attached hydrogen (secondary N) is 1. The predicted molar refractivity (Wildman–Crippen MR) is 53.4 cm³/mol. The Labute approximate surface area is 84.9 Å². The van der Waals surface area contributed by atoms with Crippen LogP contribution >= 0.6 is 0 Å². The minimum atomic E-state index is -0.525. The van der Waals surface area contributed by atoms with Crippen molar-refractivity contribution in [3.63, 3.8) is 0 Å². The first-order chi connectivity index (χ1) is 6.57.